The molecule has 3 aromatic rings. The van der Waals surface area contributed by atoms with Crippen molar-refractivity contribution in [1.29, 1.82) is 5.26 Å². The van der Waals surface area contributed by atoms with Gasteiger partial charge in [0.25, 0.3) is 5.56 Å². The van der Waals surface area contributed by atoms with Gasteiger partial charge in [0, 0.05) is 25.0 Å². The third-order valence-electron chi connectivity index (χ3n) is 6.37. The Kier molecular flexibility index (Phi) is 5.06. The second-order valence-electron chi connectivity index (χ2n) is 9.71. The number of nitriles is 1. The van der Waals surface area contributed by atoms with Crippen LogP contribution in [0.4, 0.5) is 11.5 Å². The van der Waals surface area contributed by atoms with Crippen LogP contribution in [0.2, 0.25) is 0 Å². The topological polar surface area (TPSA) is 124 Å². The first kappa shape index (κ1) is 21.7. The molecule has 1 saturated heterocycles. The van der Waals surface area contributed by atoms with Crippen molar-refractivity contribution in [1.82, 2.24) is 19.1 Å². The minimum Gasteiger partial charge on any atom is -0.338 e. The van der Waals surface area contributed by atoms with E-state index in [1.165, 1.54) is 4.31 Å². The number of benzene rings is 1. The smallest absolute Gasteiger partial charge is 0.261 e. The Morgan fingerprint density at radius 1 is 1.24 bits per heavy atom. The zero-order valence-electron chi connectivity index (χ0n) is 18.6. The summed E-state index contributed by atoms with van der Waals surface area (Å²) in [7, 11) is -3.52. The molecule has 33 heavy (non-hydrogen) atoms. The minimum atomic E-state index is -3.52. The molecule has 1 aliphatic heterocycles. The average molecular weight is 467 g/mol. The lowest BCUT2D eigenvalue weighted by Gasteiger charge is -2.44. The third-order valence-corrected chi connectivity index (χ3v) is 8.18. The van der Waals surface area contributed by atoms with Crippen molar-refractivity contribution in [2.75, 3.05) is 18.4 Å². The highest BCUT2D eigenvalue weighted by Gasteiger charge is 2.41. The lowest BCUT2D eigenvalue weighted by Crippen LogP contribution is -2.55. The van der Waals surface area contributed by atoms with Gasteiger partial charge in [0.2, 0.25) is 10.0 Å². The molecule has 1 unspecified atom stereocenters. The van der Waals surface area contributed by atoms with Crippen LogP contribution < -0.4 is 10.9 Å². The fraction of sp³-hybridized carbons (Fsp3) is 0.435. The van der Waals surface area contributed by atoms with Gasteiger partial charge in [-0.2, -0.15) is 14.7 Å². The van der Waals surface area contributed by atoms with E-state index in [-0.39, 0.29) is 21.9 Å². The number of rotatable bonds is 7. The normalized spacial score (nSPS) is 19.1. The highest BCUT2D eigenvalue weighted by atomic mass is 32.2. The first-order valence-electron chi connectivity index (χ1n) is 11.0. The highest BCUT2D eigenvalue weighted by Crippen LogP contribution is 2.43. The SMILES string of the molecule is CC1(C)CN(S(=O)(=O)c2ccc(Nc3nn(C(CC#N)C4CC4)c4cc[nH]c(=O)c34)cc2)C1. The first-order valence-corrected chi connectivity index (χ1v) is 12.5. The Labute approximate surface area is 192 Å². The monoisotopic (exact) mass is 466 g/mol. The van der Waals surface area contributed by atoms with E-state index in [1.807, 2.05) is 13.8 Å². The Balaban J connectivity index is 1.45. The van der Waals surface area contributed by atoms with E-state index >= 15 is 0 Å². The summed E-state index contributed by atoms with van der Waals surface area (Å²) in [6, 6.07) is 10.4. The van der Waals surface area contributed by atoms with Gasteiger partial charge in [0.15, 0.2) is 5.82 Å². The molecule has 172 valence electrons. The molecular formula is C23H26N6O3S. The van der Waals surface area contributed by atoms with Crippen molar-refractivity contribution >= 4 is 32.4 Å². The summed E-state index contributed by atoms with van der Waals surface area (Å²) in [5, 5.41) is 17.6. The molecule has 2 N–H and O–H groups in total. The van der Waals surface area contributed by atoms with Crippen molar-refractivity contribution in [2.45, 2.75) is 44.0 Å². The number of H-pyrrole nitrogens is 1. The van der Waals surface area contributed by atoms with Gasteiger partial charge < -0.3 is 10.3 Å². The minimum absolute atomic E-state index is 0.00533. The average Bonchev–Trinajstić information content (AvgIpc) is 3.53. The Morgan fingerprint density at radius 2 is 1.94 bits per heavy atom. The van der Waals surface area contributed by atoms with Gasteiger partial charge in [-0.25, -0.2) is 8.42 Å². The molecule has 3 heterocycles. The molecular weight excluding hydrogens is 440 g/mol. The van der Waals surface area contributed by atoms with E-state index < -0.39 is 10.0 Å². The number of hydrogen-bond donors (Lipinski definition) is 2. The summed E-state index contributed by atoms with van der Waals surface area (Å²) in [5.41, 5.74) is 1.03. The van der Waals surface area contributed by atoms with E-state index in [1.54, 1.807) is 41.2 Å². The van der Waals surface area contributed by atoms with Gasteiger partial charge in [0.05, 0.1) is 28.9 Å². The summed E-state index contributed by atoms with van der Waals surface area (Å²) < 4.78 is 28.9. The van der Waals surface area contributed by atoms with Gasteiger partial charge in [-0.1, -0.05) is 13.8 Å². The number of anilines is 2. The van der Waals surface area contributed by atoms with Gasteiger partial charge in [0.1, 0.15) is 5.39 Å². The maximum Gasteiger partial charge on any atom is 0.261 e. The van der Waals surface area contributed by atoms with Crippen LogP contribution in [0.5, 0.6) is 0 Å². The van der Waals surface area contributed by atoms with Gasteiger partial charge >= 0.3 is 0 Å². The molecule has 0 bridgehead atoms. The van der Waals surface area contributed by atoms with Crippen LogP contribution in [0.25, 0.3) is 10.9 Å². The van der Waals surface area contributed by atoms with Crippen LogP contribution in [0.1, 0.15) is 39.2 Å². The highest BCUT2D eigenvalue weighted by molar-refractivity contribution is 7.89. The molecule has 1 atom stereocenters. The zero-order valence-corrected chi connectivity index (χ0v) is 19.4. The second kappa shape index (κ2) is 7.71. The van der Waals surface area contributed by atoms with E-state index in [2.05, 4.69) is 21.5 Å². The van der Waals surface area contributed by atoms with Crippen LogP contribution in [0.3, 0.4) is 0 Å². The predicted molar refractivity (Wildman–Crippen MR) is 125 cm³/mol. The number of fused-ring (bicyclic) bond motifs is 1. The Hall–Kier alpha value is -3.16. The van der Waals surface area contributed by atoms with Crippen LogP contribution in [0, 0.1) is 22.7 Å². The second-order valence-corrected chi connectivity index (χ2v) is 11.7. The largest absolute Gasteiger partial charge is 0.338 e. The third kappa shape index (κ3) is 3.92. The van der Waals surface area contributed by atoms with Crippen LogP contribution in [-0.4, -0.2) is 40.6 Å². The Bertz CT molecular complexity index is 1400. The van der Waals surface area contributed by atoms with Crippen molar-refractivity contribution in [3.05, 3.63) is 46.9 Å². The van der Waals surface area contributed by atoms with Crippen molar-refractivity contribution < 1.29 is 8.42 Å². The van der Waals surface area contributed by atoms with Crippen LogP contribution >= 0.6 is 0 Å². The van der Waals surface area contributed by atoms with Gasteiger partial charge in [-0.05, 0) is 54.5 Å². The standard InChI is InChI=1S/C23H26N6O3S/c1-23(2)13-28(14-23)33(31,32)17-7-5-16(6-8-17)26-21-20-19(10-12-25-22(20)30)29(27-21)18(9-11-24)15-3-4-15/h5-8,10,12,15,18H,3-4,9,13-14H2,1-2H3,(H,25,30)(H,26,27). The van der Waals surface area contributed by atoms with Crippen LogP contribution in [0.15, 0.2) is 46.2 Å². The predicted octanol–water partition coefficient (Wildman–Crippen LogP) is 3.36. The van der Waals surface area contributed by atoms with Gasteiger partial charge in [-0.3, -0.25) is 9.48 Å². The molecule has 1 saturated carbocycles. The molecule has 1 aliphatic carbocycles. The number of aromatic amines is 1. The summed E-state index contributed by atoms with van der Waals surface area (Å²) in [5.74, 6) is 0.770. The molecule has 2 aliphatic rings. The number of nitrogens with one attached hydrogen (secondary N) is 2. The molecule has 2 fully saturated rings. The Morgan fingerprint density at radius 3 is 2.55 bits per heavy atom. The maximum absolute atomic E-state index is 12.8. The van der Waals surface area contributed by atoms with E-state index in [4.69, 9.17) is 0 Å². The van der Waals surface area contributed by atoms with Crippen molar-refractivity contribution in [3.63, 3.8) is 0 Å². The lowest BCUT2D eigenvalue weighted by atomic mass is 9.87. The number of hydrogen-bond acceptors (Lipinski definition) is 6. The molecule has 1 aromatic carbocycles. The van der Waals surface area contributed by atoms with E-state index in [0.29, 0.717) is 47.8 Å². The van der Waals surface area contributed by atoms with Gasteiger partial charge in [-0.15, -0.1) is 0 Å². The quantitative estimate of drug-likeness (QED) is 0.550. The summed E-state index contributed by atoms with van der Waals surface area (Å²) >= 11 is 0. The first-order chi connectivity index (χ1) is 15.7. The summed E-state index contributed by atoms with van der Waals surface area (Å²) in [4.78, 5) is 15.6. The van der Waals surface area contributed by atoms with E-state index in [9.17, 15) is 18.5 Å². The summed E-state index contributed by atoms with van der Waals surface area (Å²) in [6.07, 6.45) is 4.00. The number of sulfonamides is 1. The molecule has 0 radical (unpaired) electrons. The molecule has 9 nitrogen and oxygen atoms in total. The number of aromatic nitrogens is 3. The fourth-order valence-corrected chi connectivity index (χ4v) is 6.36. The van der Waals surface area contributed by atoms with Crippen molar-refractivity contribution in [2.24, 2.45) is 11.3 Å². The van der Waals surface area contributed by atoms with Crippen molar-refractivity contribution in [3.8, 4) is 6.07 Å². The lowest BCUT2D eigenvalue weighted by molar-refractivity contribution is 0.111. The zero-order chi connectivity index (χ0) is 23.4. The van der Waals surface area contributed by atoms with Crippen LogP contribution in [-0.2, 0) is 10.0 Å². The maximum atomic E-state index is 12.8. The molecule has 5 rings (SSSR count). The van der Waals surface area contributed by atoms with E-state index in [0.717, 1.165) is 12.8 Å². The fourth-order valence-electron chi connectivity index (χ4n) is 4.54. The summed E-state index contributed by atoms with van der Waals surface area (Å²) in [6.45, 7) is 5.10. The molecule has 0 amide bonds. The molecule has 0 spiro atoms. The number of nitrogens with zero attached hydrogens (tertiary/aromatic N) is 4. The molecule has 2 aromatic heterocycles. The molecule has 10 heteroatoms. The number of pyridine rings is 1.